The van der Waals surface area contributed by atoms with E-state index in [0.717, 1.165) is 18.1 Å². The molecule has 2 aliphatic heterocycles. The Kier molecular flexibility index (Phi) is 2.91. The Morgan fingerprint density at radius 2 is 2.00 bits per heavy atom. The molecule has 0 aromatic carbocycles. The maximum absolute atomic E-state index is 12.8. The maximum atomic E-state index is 12.8. The van der Waals surface area contributed by atoms with Crippen LogP contribution in [0.25, 0.3) is 0 Å². The molecule has 2 saturated heterocycles. The van der Waals surface area contributed by atoms with Gasteiger partial charge in [-0.15, -0.1) is 0 Å². The van der Waals surface area contributed by atoms with Crippen molar-refractivity contribution in [2.45, 2.75) is 6.04 Å². The molecule has 2 aromatic rings. The second-order valence-corrected chi connectivity index (χ2v) is 5.32. The van der Waals surface area contributed by atoms with Crippen molar-refractivity contribution in [3.8, 4) is 0 Å². The summed E-state index contributed by atoms with van der Waals surface area (Å²) in [5, 5.41) is 7.09. The number of anilines is 2. The molecule has 0 unspecified atom stereocenters. The zero-order valence-corrected chi connectivity index (χ0v) is 11.7. The Balaban J connectivity index is 1.42. The molecule has 9 heteroatoms. The maximum Gasteiger partial charge on any atom is 0.322 e. The van der Waals surface area contributed by atoms with Crippen molar-refractivity contribution in [1.82, 2.24) is 25.1 Å². The number of carbonyl (C=O) groups excluding carboxylic acids is 1. The fraction of sp³-hybridized carbons (Fsp3) is 0.385. The van der Waals surface area contributed by atoms with Crippen molar-refractivity contribution >= 4 is 17.7 Å². The van der Waals surface area contributed by atoms with Gasteiger partial charge in [-0.05, 0) is 0 Å². The average Bonchev–Trinajstić information content (AvgIpc) is 3.08. The third-order valence-corrected chi connectivity index (χ3v) is 3.88. The first-order chi connectivity index (χ1) is 10.7. The smallest absolute Gasteiger partial charge is 0.322 e. The van der Waals surface area contributed by atoms with Gasteiger partial charge in [-0.1, -0.05) is 0 Å². The summed E-state index contributed by atoms with van der Waals surface area (Å²) in [4.78, 5) is 23.2. The lowest BCUT2D eigenvalue weighted by Crippen LogP contribution is -2.48. The van der Waals surface area contributed by atoms with Gasteiger partial charge in [0.25, 0.3) is 0 Å². The first-order valence-corrected chi connectivity index (χ1v) is 7.03. The number of hydrogen-bond donors (Lipinski definition) is 1. The fourth-order valence-electron chi connectivity index (χ4n) is 2.64. The molecule has 2 amide bonds. The number of carbonyl (C=O) groups is 1. The summed E-state index contributed by atoms with van der Waals surface area (Å²) in [6.07, 6.45) is 5.89. The van der Waals surface area contributed by atoms with E-state index in [0.29, 0.717) is 32.1 Å². The lowest BCUT2D eigenvalue weighted by molar-refractivity contribution is 0.252. The van der Waals surface area contributed by atoms with Crippen LogP contribution in [0.1, 0.15) is 6.04 Å². The van der Waals surface area contributed by atoms with Crippen LogP contribution in [0.4, 0.5) is 20.8 Å². The molecular formula is C13H14FN7O. The molecule has 4 rings (SSSR count). The van der Waals surface area contributed by atoms with Gasteiger partial charge in [0, 0.05) is 32.4 Å². The molecule has 0 saturated carbocycles. The molecule has 114 valence electrons. The number of urea groups is 1. The summed E-state index contributed by atoms with van der Waals surface area (Å²) in [6.45, 7) is 2.73. The minimum absolute atomic E-state index is 0.0884. The molecule has 2 aromatic heterocycles. The van der Waals surface area contributed by atoms with Gasteiger partial charge < -0.3 is 10.2 Å². The largest absolute Gasteiger partial charge is 0.336 e. The molecular weight excluding hydrogens is 289 g/mol. The van der Waals surface area contributed by atoms with Gasteiger partial charge in [0.05, 0.1) is 30.3 Å². The number of amides is 2. The van der Waals surface area contributed by atoms with E-state index >= 15 is 0 Å². The zero-order chi connectivity index (χ0) is 15.1. The quantitative estimate of drug-likeness (QED) is 0.888. The molecule has 0 bridgehead atoms. The highest BCUT2D eigenvalue weighted by Crippen LogP contribution is 2.26. The first-order valence-electron chi connectivity index (χ1n) is 7.03. The van der Waals surface area contributed by atoms with Crippen LogP contribution in [-0.2, 0) is 0 Å². The molecule has 0 radical (unpaired) electrons. The molecule has 2 fully saturated rings. The number of hydrogen-bond acceptors (Lipinski definition) is 5. The predicted octanol–water partition coefficient (Wildman–Crippen LogP) is 0.403. The first kappa shape index (κ1) is 13.0. The van der Waals surface area contributed by atoms with Crippen molar-refractivity contribution in [2.24, 2.45) is 0 Å². The van der Waals surface area contributed by atoms with Crippen LogP contribution >= 0.6 is 0 Å². The van der Waals surface area contributed by atoms with Crippen LogP contribution in [0.3, 0.4) is 0 Å². The molecule has 2 aliphatic rings. The summed E-state index contributed by atoms with van der Waals surface area (Å²) in [5.74, 6) is 0.0744. The van der Waals surface area contributed by atoms with Gasteiger partial charge in [0.15, 0.2) is 5.82 Å². The van der Waals surface area contributed by atoms with Crippen molar-refractivity contribution in [2.75, 3.05) is 36.0 Å². The second kappa shape index (κ2) is 4.93. The minimum Gasteiger partial charge on any atom is -0.336 e. The SMILES string of the molecule is O=C1NCCN1c1cnn(C2CN(c3ncc(F)cn3)C2)c1. The van der Waals surface area contributed by atoms with Crippen LogP contribution in [-0.4, -0.2) is 52.0 Å². The van der Waals surface area contributed by atoms with Crippen LogP contribution in [0.5, 0.6) is 0 Å². The van der Waals surface area contributed by atoms with Crippen LogP contribution in [0.15, 0.2) is 24.8 Å². The van der Waals surface area contributed by atoms with E-state index in [1.54, 1.807) is 11.1 Å². The highest BCUT2D eigenvalue weighted by molar-refractivity contribution is 5.93. The van der Waals surface area contributed by atoms with Crippen LogP contribution in [0.2, 0.25) is 0 Å². The monoisotopic (exact) mass is 303 g/mol. The number of rotatable bonds is 3. The highest BCUT2D eigenvalue weighted by Gasteiger charge is 2.31. The van der Waals surface area contributed by atoms with E-state index in [1.165, 1.54) is 0 Å². The lowest BCUT2D eigenvalue weighted by Gasteiger charge is -2.39. The highest BCUT2D eigenvalue weighted by atomic mass is 19.1. The van der Waals surface area contributed by atoms with Gasteiger partial charge in [0.1, 0.15) is 0 Å². The number of nitrogens with zero attached hydrogens (tertiary/aromatic N) is 6. The molecule has 8 nitrogen and oxygen atoms in total. The normalized spacial score (nSPS) is 18.5. The van der Waals surface area contributed by atoms with E-state index < -0.39 is 5.82 Å². The lowest BCUT2D eigenvalue weighted by atomic mass is 10.1. The predicted molar refractivity (Wildman–Crippen MR) is 76.2 cm³/mol. The molecule has 22 heavy (non-hydrogen) atoms. The van der Waals surface area contributed by atoms with E-state index in [-0.39, 0.29) is 12.1 Å². The van der Waals surface area contributed by atoms with Gasteiger partial charge in [0.2, 0.25) is 5.95 Å². The van der Waals surface area contributed by atoms with E-state index in [9.17, 15) is 9.18 Å². The summed E-state index contributed by atoms with van der Waals surface area (Å²) >= 11 is 0. The Morgan fingerprint density at radius 1 is 1.23 bits per heavy atom. The minimum atomic E-state index is -0.443. The number of nitrogens with one attached hydrogen (secondary N) is 1. The van der Waals surface area contributed by atoms with E-state index in [4.69, 9.17) is 0 Å². The van der Waals surface area contributed by atoms with Gasteiger partial charge >= 0.3 is 6.03 Å². The van der Waals surface area contributed by atoms with E-state index in [2.05, 4.69) is 20.4 Å². The third kappa shape index (κ3) is 2.14. The van der Waals surface area contributed by atoms with Crippen molar-refractivity contribution in [1.29, 1.82) is 0 Å². The Hall–Kier alpha value is -2.71. The fourth-order valence-corrected chi connectivity index (χ4v) is 2.64. The average molecular weight is 303 g/mol. The summed E-state index contributed by atoms with van der Waals surface area (Å²) < 4.78 is 14.6. The number of halogens is 1. The zero-order valence-electron chi connectivity index (χ0n) is 11.7. The molecule has 1 N–H and O–H groups in total. The standard InChI is InChI=1S/C13H14FN7O/c14-9-3-16-12(17-4-9)19-6-11(7-19)21-8-10(5-18-21)20-2-1-15-13(20)22/h3-5,8,11H,1-2,6-7H2,(H,15,22). The van der Waals surface area contributed by atoms with Crippen molar-refractivity contribution in [3.63, 3.8) is 0 Å². The Labute approximate surface area is 125 Å². The van der Waals surface area contributed by atoms with Crippen molar-refractivity contribution in [3.05, 3.63) is 30.6 Å². The molecule has 0 atom stereocenters. The molecule has 0 spiro atoms. The molecule has 0 aliphatic carbocycles. The van der Waals surface area contributed by atoms with Crippen LogP contribution < -0.4 is 15.1 Å². The summed E-state index contributed by atoms with van der Waals surface area (Å²) in [6, 6.07) is 0.113. The molecule has 4 heterocycles. The van der Waals surface area contributed by atoms with Gasteiger partial charge in [-0.3, -0.25) is 9.58 Å². The van der Waals surface area contributed by atoms with E-state index in [1.807, 2.05) is 15.8 Å². The van der Waals surface area contributed by atoms with Crippen LogP contribution in [0, 0.1) is 5.82 Å². The van der Waals surface area contributed by atoms with Crippen molar-refractivity contribution < 1.29 is 9.18 Å². The van der Waals surface area contributed by atoms with Gasteiger partial charge in [-0.25, -0.2) is 19.2 Å². The topological polar surface area (TPSA) is 79.2 Å². The number of aromatic nitrogens is 4. The summed E-state index contributed by atoms with van der Waals surface area (Å²) in [7, 11) is 0. The third-order valence-electron chi connectivity index (χ3n) is 3.88. The van der Waals surface area contributed by atoms with Gasteiger partial charge in [-0.2, -0.15) is 5.10 Å². The second-order valence-electron chi connectivity index (χ2n) is 5.32. The Morgan fingerprint density at radius 3 is 2.68 bits per heavy atom. The summed E-state index contributed by atoms with van der Waals surface area (Å²) in [5.41, 5.74) is 0.798. The Bertz CT molecular complexity index is 695.